The summed E-state index contributed by atoms with van der Waals surface area (Å²) in [6.07, 6.45) is -0.343. The predicted octanol–water partition coefficient (Wildman–Crippen LogP) is 1.90. The summed E-state index contributed by atoms with van der Waals surface area (Å²) in [6.45, 7) is 1.26. The Morgan fingerprint density at radius 1 is 1.04 bits per heavy atom. The van der Waals surface area contributed by atoms with Crippen LogP contribution in [0.4, 0.5) is 0 Å². The van der Waals surface area contributed by atoms with Crippen LogP contribution in [0.25, 0.3) is 0 Å². The van der Waals surface area contributed by atoms with Crippen LogP contribution in [-0.2, 0) is 29.5 Å². The highest BCUT2D eigenvalue weighted by molar-refractivity contribution is 7.80. The number of aromatic hydroxyl groups is 1. The standard InChI is InChI=1S/C31H29N3O10S/c1-15-3-2-4-20-27(15)30(41)44-31(20)18-7-5-16(35)11-23(18)43-24-12-17(6-8-19(24)31)42-26(37)13-33-28(38)22(14-45)34-25(36)10-9-21(32)29(39)40/h2-8,11-12,21-22,35,45H,9-10,13-14,32H2,1H3,(H,33,38)(H,34,36)(H,39,40). The first-order chi connectivity index (χ1) is 21.4. The van der Waals surface area contributed by atoms with Crippen LogP contribution in [-0.4, -0.2) is 64.3 Å². The molecule has 13 nitrogen and oxygen atoms in total. The molecule has 3 unspecified atom stereocenters. The Morgan fingerprint density at radius 2 is 1.76 bits per heavy atom. The zero-order valence-electron chi connectivity index (χ0n) is 23.9. The maximum atomic E-state index is 13.1. The number of carboxylic acid groups (broad SMARTS) is 1. The number of nitrogens with one attached hydrogen (secondary N) is 2. The summed E-state index contributed by atoms with van der Waals surface area (Å²) in [5.41, 5.74) is 6.76. The van der Waals surface area contributed by atoms with Crippen molar-refractivity contribution in [2.24, 2.45) is 5.73 Å². The summed E-state index contributed by atoms with van der Waals surface area (Å²) in [5.74, 6) is -3.55. The van der Waals surface area contributed by atoms with Crippen molar-refractivity contribution in [1.82, 2.24) is 10.6 Å². The van der Waals surface area contributed by atoms with Gasteiger partial charge in [-0.25, -0.2) is 9.59 Å². The van der Waals surface area contributed by atoms with E-state index in [9.17, 15) is 29.1 Å². The molecule has 0 aliphatic carbocycles. The molecule has 3 atom stereocenters. The number of phenolic OH excluding ortho intramolecular Hbond substituents is 1. The first-order valence-electron chi connectivity index (χ1n) is 13.8. The summed E-state index contributed by atoms with van der Waals surface area (Å²) in [4.78, 5) is 61.3. The SMILES string of the molecule is Cc1cccc2c1C(=O)OC21c2ccc(O)cc2Oc2cc(OC(=O)CNC(=O)C(CS)NC(=O)CCC(N)C(=O)O)ccc21. The second-order valence-electron chi connectivity index (χ2n) is 10.5. The highest BCUT2D eigenvalue weighted by Gasteiger charge is 2.54. The van der Waals surface area contributed by atoms with E-state index in [0.29, 0.717) is 22.3 Å². The molecule has 3 aromatic rings. The van der Waals surface area contributed by atoms with Gasteiger partial charge in [-0.2, -0.15) is 12.6 Å². The highest BCUT2D eigenvalue weighted by Crippen LogP contribution is 2.57. The van der Waals surface area contributed by atoms with Gasteiger partial charge in [-0.1, -0.05) is 18.2 Å². The van der Waals surface area contributed by atoms with E-state index in [1.807, 2.05) is 19.1 Å². The van der Waals surface area contributed by atoms with E-state index in [1.54, 1.807) is 18.2 Å². The molecule has 6 N–H and O–H groups in total. The Labute approximate surface area is 262 Å². The van der Waals surface area contributed by atoms with Gasteiger partial charge in [-0.3, -0.25) is 14.4 Å². The number of hydrogen-bond acceptors (Lipinski definition) is 11. The number of hydrogen-bond donors (Lipinski definition) is 6. The molecule has 0 fully saturated rings. The Hall–Kier alpha value is -5.08. The number of carbonyl (C=O) groups excluding carboxylic acids is 4. The zero-order chi connectivity index (χ0) is 32.5. The maximum Gasteiger partial charge on any atom is 0.340 e. The highest BCUT2D eigenvalue weighted by atomic mass is 32.1. The van der Waals surface area contributed by atoms with E-state index in [1.165, 1.54) is 24.3 Å². The van der Waals surface area contributed by atoms with Crippen molar-refractivity contribution in [3.63, 3.8) is 0 Å². The Balaban J connectivity index is 1.30. The number of rotatable bonds is 10. The molecule has 2 heterocycles. The number of nitrogens with two attached hydrogens (primary N) is 1. The molecule has 0 saturated heterocycles. The Morgan fingerprint density at radius 3 is 2.47 bits per heavy atom. The van der Waals surface area contributed by atoms with Crippen molar-refractivity contribution in [3.05, 3.63) is 82.4 Å². The molecule has 1 spiro atoms. The molecule has 2 aliphatic heterocycles. The molecular formula is C31H29N3O10S. The molecule has 0 radical (unpaired) electrons. The fraction of sp³-hybridized carbons (Fsp3) is 0.258. The summed E-state index contributed by atoms with van der Waals surface area (Å²) < 4.78 is 17.6. The summed E-state index contributed by atoms with van der Waals surface area (Å²) >= 11 is 4.06. The van der Waals surface area contributed by atoms with Crippen LogP contribution >= 0.6 is 12.6 Å². The smallest absolute Gasteiger partial charge is 0.340 e. The van der Waals surface area contributed by atoms with Crippen LogP contribution < -0.4 is 25.8 Å². The van der Waals surface area contributed by atoms with Crippen LogP contribution in [0.5, 0.6) is 23.0 Å². The van der Waals surface area contributed by atoms with Crippen LogP contribution in [0, 0.1) is 6.92 Å². The lowest BCUT2D eigenvalue weighted by atomic mass is 9.77. The lowest BCUT2D eigenvalue weighted by Gasteiger charge is -2.36. The van der Waals surface area contributed by atoms with Gasteiger partial charge in [-0.15, -0.1) is 0 Å². The van der Waals surface area contributed by atoms with Gasteiger partial charge in [0.15, 0.2) is 5.60 Å². The molecule has 45 heavy (non-hydrogen) atoms. The van der Waals surface area contributed by atoms with Gasteiger partial charge in [-0.05, 0) is 43.2 Å². The monoisotopic (exact) mass is 635 g/mol. The number of aliphatic carboxylic acids is 1. The molecule has 3 aromatic carbocycles. The van der Waals surface area contributed by atoms with E-state index >= 15 is 0 Å². The number of esters is 2. The van der Waals surface area contributed by atoms with Crippen molar-refractivity contribution in [2.45, 2.75) is 37.5 Å². The van der Waals surface area contributed by atoms with Gasteiger partial charge in [0, 0.05) is 41.0 Å². The van der Waals surface area contributed by atoms with Crippen molar-refractivity contribution in [2.75, 3.05) is 12.3 Å². The maximum absolute atomic E-state index is 13.1. The Bertz CT molecular complexity index is 1730. The number of ether oxygens (including phenoxy) is 3. The van der Waals surface area contributed by atoms with E-state index in [4.69, 9.17) is 25.1 Å². The first-order valence-corrected chi connectivity index (χ1v) is 14.4. The normalized spacial score (nSPS) is 17.1. The molecule has 5 rings (SSSR count). The minimum Gasteiger partial charge on any atom is -0.508 e. The van der Waals surface area contributed by atoms with Gasteiger partial charge >= 0.3 is 17.9 Å². The lowest BCUT2D eigenvalue weighted by molar-refractivity contribution is -0.139. The zero-order valence-corrected chi connectivity index (χ0v) is 24.8. The molecule has 234 valence electrons. The first kappa shape index (κ1) is 31.3. The number of phenols is 1. The van der Waals surface area contributed by atoms with Gasteiger partial charge in [0.2, 0.25) is 11.8 Å². The quantitative estimate of drug-likeness (QED) is 0.108. The summed E-state index contributed by atoms with van der Waals surface area (Å²) in [7, 11) is 0. The molecule has 0 bridgehead atoms. The molecule has 14 heteroatoms. The van der Waals surface area contributed by atoms with E-state index in [-0.39, 0.29) is 41.6 Å². The average Bonchev–Trinajstić information content (AvgIpc) is 3.30. The molecule has 2 amide bonds. The number of benzene rings is 3. The molecular weight excluding hydrogens is 606 g/mol. The minimum atomic E-state index is -1.38. The number of fused-ring (bicyclic) bond motifs is 6. The van der Waals surface area contributed by atoms with Crippen molar-refractivity contribution in [1.29, 1.82) is 0 Å². The van der Waals surface area contributed by atoms with Gasteiger partial charge in [0.25, 0.3) is 0 Å². The van der Waals surface area contributed by atoms with Gasteiger partial charge in [0.1, 0.15) is 41.6 Å². The molecule has 0 saturated carbocycles. The Kier molecular flexibility index (Phi) is 8.71. The number of thiol groups is 1. The number of carbonyl (C=O) groups is 5. The number of amides is 2. The van der Waals surface area contributed by atoms with Crippen molar-refractivity contribution >= 4 is 42.4 Å². The van der Waals surface area contributed by atoms with Crippen molar-refractivity contribution < 1.29 is 48.4 Å². The van der Waals surface area contributed by atoms with E-state index < -0.39 is 54.0 Å². The fourth-order valence-electron chi connectivity index (χ4n) is 5.29. The average molecular weight is 636 g/mol. The van der Waals surface area contributed by atoms with Crippen LogP contribution in [0.3, 0.4) is 0 Å². The van der Waals surface area contributed by atoms with Gasteiger partial charge in [0.05, 0.1) is 5.56 Å². The van der Waals surface area contributed by atoms with Gasteiger partial charge < -0.3 is 40.8 Å². The second kappa shape index (κ2) is 12.5. The number of carboxylic acids is 1. The largest absolute Gasteiger partial charge is 0.508 e. The molecule has 2 aliphatic rings. The third-order valence-electron chi connectivity index (χ3n) is 7.47. The van der Waals surface area contributed by atoms with Crippen LogP contribution in [0.1, 0.15) is 45.5 Å². The summed E-state index contributed by atoms with van der Waals surface area (Å²) in [6, 6.07) is 12.1. The van der Waals surface area contributed by atoms with Crippen LogP contribution in [0.15, 0.2) is 54.6 Å². The second-order valence-corrected chi connectivity index (χ2v) is 10.9. The topological polar surface area (TPSA) is 204 Å². The fourth-order valence-corrected chi connectivity index (χ4v) is 5.55. The van der Waals surface area contributed by atoms with Crippen molar-refractivity contribution in [3.8, 4) is 23.0 Å². The third kappa shape index (κ3) is 6.01. The van der Waals surface area contributed by atoms with E-state index in [0.717, 1.165) is 5.56 Å². The third-order valence-corrected chi connectivity index (χ3v) is 7.84. The number of aryl methyl sites for hydroxylation is 1. The van der Waals surface area contributed by atoms with Crippen LogP contribution in [0.2, 0.25) is 0 Å². The summed E-state index contributed by atoms with van der Waals surface area (Å²) in [5, 5.41) is 23.8. The van der Waals surface area contributed by atoms with E-state index in [2.05, 4.69) is 23.3 Å². The minimum absolute atomic E-state index is 0.0642. The molecule has 0 aromatic heterocycles. The predicted molar refractivity (Wildman–Crippen MR) is 160 cm³/mol. The lowest BCUT2D eigenvalue weighted by Crippen LogP contribution is -2.49.